The molecule has 0 saturated heterocycles. The van der Waals surface area contributed by atoms with Gasteiger partial charge in [-0.1, -0.05) is 29.8 Å². The predicted octanol–water partition coefficient (Wildman–Crippen LogP) is 4.60. The van der Waals surface area contributed by atoms with Gasteiger partial charge in [-0.05, 0) is 46.6 Å². The van der Waals surface area contributed by atoms with Gasteiger partial charge in [0.15, 0.2) is 0 Å². The number of hydrogen-bond acceptors (Lipinski definition) is 1. The first-order valence-electron chi connectivity index (χ1n) is 5.53. The van der Waals surface area contributed by atoms with E-state index in [1.165, 1.54) is 24.3 Å². The molecular formula is C14H11BrClF2N. The smallest absolute Gasteiger partial charge is 0.148 e. The second-order valence-corrected chi connectivity index (χ2v) is 5.67. The lowest BCUT2D eigenvalue weighted by Gasteiger charge is -2.27. The Labute approximate surface area is 123 Å². The summed E-state index contributed by atoms with van der Waals surface area (Å²) < 4.78 is 27.9. The summed E-state index contributed by atoms with van der Waals surface area (Å²) in [5, 5.41) is -0.0365. The van der Waals surface area contributed by atoms with Crippen LogP contribution in [0.5, 0.6) is 0 Å². The summed E-state index contributed by atoms with van der Waals surface area (Å²) in [4.78, 5) is 0. The largest absolute Gasteiger partial charge is 0.318 e. The van der Waals surface area contributed by atoms with Crippen molar-refractivity contribution in [2.75, 3.05) is 0 Å². The maximum Gasteiger partial charge on any atom is 0.148 e. The van der Waals surface area contributed by atoms with Crippen molar-refractivity contribution in [3.8, 4) is 0 Å². The Bertz CT molecular complexity index is 629. The first-order valence-corrected chi connectivity index (χ1v) is 6.70. The van der Waals surface area contributed by atoms with E-state index in [9.17, 15) is 8.78 Å². The van der Waals surface area contributed by atoms with Gasteiger partial charge >= 0.3 is 0 Å². The number of halogens is 4. The van der Waals surface area contributed by atoms with Gasteiger partial charge in [-0.2, -0.15) is 0 Å². The molecule has 1 atom stereocenters. The van der Waals surface area contributed by atoms with Crippen molar-refractivity contribution >= 4 is 27.5 Å². The quantitative estimate of drug-likeness (QED) is 0.790. The molecule has 5 heteroatoms. The van der Waals surface area contributed by atoms with Crippen LogP contribution in [0.1, 0.15) is 18.1 Å². The van der Waals surface area contributed by atoms with Gasteiger partial charge in [-0.3, -0.25) is 0 Å². The number of nitrogens with two attached hydrogens (primary N) is 1. The summed E-state index contributed by atoms with van der Waals surface area (Å²) in [6, 6.07) is 8.94. The molecule has 0 saturated carbocycles. The van der Waals surface area contributed by atoms with Crippen molar-refractivity contribution in [2.24, 2.45) is 5.73 Å². The van der Waals surface area contributed by atoms with Gasteiger partial charge in [0, 0.05) is 10.0 Å². The molecule has 1 nitrogen and oxygen atoms in total. The van der Waals surface area contributed by atoms with E-state index in [-0.39, 0.29) is 10.6 Å². The lowest BCUT2D eigenvalue weighted by Crippen LogP contribution is -2.35. The molecule has 0 fully saturated rings. The normalized spacial score (nSPS) is 14.2. The predicted molar refractivity (Wildman–Crippen MR) is 76.2 cm³/mol. The minimum Gasteiger partial charge on any atom is -0.318 e. The summed E-state index contributed by atoms with van der Waals surface area (Å²) in [7, 11) is 0. The molecule has 0 heterocycles. The molecule has 1 unspecified atom stereocenters. The maximum absolute atomic E-state index is 14.2. The Morgan fingerprint density at radius 3 is 2.53 bits per heavy atom. The SMILES string of the molecule is CC(N)(c1cccc(F)c1)c1ccc(Br)c(Cl)c1F. The highest BCUT2D eigenvalue weighted by Crippen LogP contribution is 2.35. The average molecular weight is 347 g/mol. The van der Waals surface area contributed by atoms with Gasteiger partial charge in [0.05, 0.1) is 10.6 Å². The maximum atomic E-state index is 14.2. The van der Waals surface area contributed by atoms with E-state index in [1.54, 1.807) is 19.1 Å². The van der Waals surface area contributed by atoms with Gasteiger partial charge in [0.1, 0.15) is 11.6 Å². The van der Waals surface area contributed by atoms with Crippen LogP contribution in [0.25, 0.3) is 0 Å². The summed E-state index contributed by atoms with van der Waals surface area (Å²) in [5.41, 5.74) is 5.69. The Hall–Kier alpha value is -0.970. The van der Waals surface area contributed by atoms with Crippen LogP contribution in [0, 0.1) is 11.6 Å². The van der Waals surface area contributed by atoms with Gasteiger partial charge in [-0.25, -0.2) is 8.78 Å². The highest BCUT2D eigenvalue weighted by molar-refractivity contribution is 9.10. The molecule has 100 valence electrons. The molecule has 2 rings (SSSR count). The van der Waals surface area contributed by atoms with E-state index < -0.39 is 17.2 Å². The van der Waals surface area contributed by atoms with Crippen LogP contribution in [0.2, 0.25) is 5.02 Å². The van der Waals surface area contributed by atoms with Gasteiger partial charge < -0.3 is 5.73 Å². The minimum atomic E-state index is -1.17. The first kappa shape index (κ1) is 14.4. The van der Waals surface area contributed by atoms with Crippen LogP contribution < -0.4 is 5.73 Å². The molecule has 2 aromatic rings. The molecule has 0 aromatic heterocycles. The van der Waals surface area contributed by atoms with E-state index in [2.05, 4.69) is 15.9 Å². The summed E-state index contributed by atoms with van der Waals surface area (Å²) in [5.74, 6) is -1.02. The van der Waals surface area contributed by atoms with Crippen molar-refractivity contribution < 1.29 is 8.78 Å². The Kier molecular flexibility index (Phi) is 3.95. The third-order valence-corrected chi connectivity index (χ3v) is 4.28. The van der Waals surface area contributed by atoms with E-state index in [1.807, 2.05) is 0 Å². The van der Waals surface area contributed by atoms with Crippen molar-refractivity contribution in [1.29, 1.82) is 0 Å². The molecule has 0 aliphatic carbocycles. The van der Waals surface area contributed by atoms with E-state index >= 15 is 0 Å². The molecule has 0 radical (unpaired) electrons. The topological polar surface area (TPSA) is 26.0 Å². The molecule has 0 bridgehead atoms. The zero-order valence-corrected chi connectivity index (χ0v) is 12.4. The molecule has 19 heavy (non-hydrogen) atoms. The Balaban J connectivity index is 2.60. The Morgan fingerprint density at radius 2 is 1.89 bits per heavy atom. The minimum absolute atomic E-state index is 0.0365. The first-order chi connectivity index (χ1) is 8.84. The van der Waals surface area contributed by atoms with Gasteiger partial charge in [0.2, 0.25) is 0 Å². The number of rotatable bonds is 2. The standard InChI is InChI=1S/C14H11BrClF2N/c1-14(19,8-3-2-4-9(17)7-8)10-5-6-11(15)12(16)13(10)18/h2-7H,19H2,1H3. The van der Waals surface area contributed by atoms with Crippen molar-refractivity contribution in [1.82, 2.24) is 0 Å². The lowest BCUT2D eigenvalue weighted by molar-refractivity contribution is 0.525. The summed E-state index contributed by atoms with van der Waals surface area (Å²) in [6.45, 7) is 1.62. The molecular weight excluding hydrogens is 336 g/mol. The van der Waals surface area contributed by atoms with Crippen LogP contribution >= 0.6 is 27.5 Å². The zero-order chi connectivity index (χ0) is 14.2. The highest BCUT2D eigenvalue weighted by Gasteiger charge is 2.29. The molecule has 0 spiro atoms. The van der Waals surface area contributed by atoms with Crippen molar-refractivity contribution in [2.45, 2.75) is 12.5 Å². The fourth-order valence-corrected chi connectivity index (χ4v) is 2.37. The number of hydrogen-bond donors (Lipinski definition) is 1. The Morgan fingerprint density at radius 1 is 1.21 bits per heavy atom. The molecule has 0 aliphatic rings. The second kappa shape index (κ2) is 5.19. The van der Waals surface area contributed by atoms with Gasteiger partial charge in [-0.15, -0.1) is 0 Å². The highest BCUT2D eigenvalue weighted by atomic mass is 79.9. The molecule has 2 N–H and O–H groups in total. The fourth-order valence-electron chi connectivity index (χ4n) is 1.89. The molecule has 0 amide bonds. The average Bonchev–Trinajstić information content (AvgIpc) is 2.36. The summed E-state index contributed by atoms with van der Waals surface area (Å²) >= 11 is 9.00. The lowest BCUT2D eigenvalue weighted by atomic mass is 9.85. The fraction of sp³-hybridized carbons (Fsp3) is 0.143. The van der Waals surface area contributed by atoms with Crippen LogP contribution in [-0.4, -0.2) is 0 Å². The van der Waals surface area contributed by atoms with E-state index in [4.69, 9.17) is 17.3 Å². The second-order valence-electron chi connectivity index (χ2n) is 4.44. The summed E-state index contributed by atoms with van der Waals surface area (Å²) in [6.07, 6.45) is 0. The van der Waals surface area contributed by atoms with Crippen LogP contribution in [0.3, 0.4) is 0 Å². The third-order valence-electron chi connectivity index (χ3n) is 3.02. The molecule has 2 aromatic carbocycles. The zero-order valence-electron chi connectivity index (χ0n) is 10.1. The van der Waals surface area contributed by atoms with Crippen molar-refractivity contribution in [3.05, 3.63) is 68.7 Å². The van der Waals surface area contributed by atoms with Crippen LogP contribution in [0.15, 0.2) is 40.9 Å². The third kappa shape index (κ3) is 2.66. The monoisotopic (exact) mass is 345 g/mol. The molecule has 0 aliphatic heterocycles. The van der Waals surface area contributed by atoms with Crippen molar-refractivity contribution in [3.63, 3.8) is 0 Å². The van der Waals surface area contributed by atoms with E-state index in [0.29, 0.717) is 10.0 Å². The number of benzene rings is 2. The van der Waals surface area contributed by atoms with Crippen LogP contribution in [-0.2, 0) is 5.54 Å². The van der Waals surface area contributed by atoms with Gasteiger partial charge in [0.25, 0.3) is 0 Å². The van der Waals surface area contributed by atoms with Crippen LogP contribution in [0.4, 0.5) is 8.78 Å². The van der Waals surface area contributed by atoms with E-state index in [0.717, 1.165) is 0 Å².